The Balaban J connectivity index is 2.28. The lowest BCUT2D eigenvalue weighted by Gasteiger charge is -2.28. The molecule has 0 aliphatic carbocycles. The largest absolute Gasteiger partial charge is 0.497 e. The minimum atomic E-state index is -3.07. The zero-order valence-corrected chi connectivity index (χ0v) is 18.1. The van der Waals surface area contributed by atoms with E-state index in [0.29, 0.717) is 31.0 Å². The van der Waals surface area contributed by atoms with E-state index < -0.39 is 9.84 Å². The SMILES string of the molecule is COc1ccc(/C(C)=C/C(=O)N(CCN(C)C)C2CCS(=O)(=O)C2)c(OC)c1. The van der Waals surface area contributed by atoms with E-state index >= 15 is 0 Å². The van der Waals surface area contributed by atoms with Gasteiger partial charge in [-0.2, -0.15) is 0 Å². The predicted octanol–water partition coefficient (Wildman–Crippen LogP) is 1.68. The number of ether oxygens (including phenoxy) is 2. The van der Waals surface area contributed by atoms with Crippen molar-refractivity contribution in [2.75, 3.05) is 52.9 Å². The molecule has 1 unspecified atom stereocenters. The summed E-state index contributed by atoms with van der Waals surface area (Å²) in [5.74, 6) is 1.27. The van der Waals surface area contributed by atoms with Crippen LogP contribution >= 0.6 is 0 Å². The summed E-state index contributed by atoms with van der Waals surface area (Å²) < 4.78 is 34.4. The van der Waals surface area contributed by atoms with Crippen molar-refractivity contribution >= 4 is 21.3 Å². The number of sulfone groups is 1. The first-order chi connectivity index (χ1) is 13.2. The summed E-state index contributed by atoms with van der Waals surface area (Å²) in [5, 5.41) is 0. The van der Waals surface area contributed by atoms with Gasteiger partial charge in [-0.1, -0.05) is 0 Å². The van der Waals surface area contributed by atoms with Crippen molar-refractivity contribution < 1.29 is 22.7 Å². The lowest BCUT2D eigenvalue weighted by atomic mass is 10.0. The number of hydrogen-bond donors (Lipinski definition) is 0. The monoisotopic (exact) mass is 410 g/mol. The number of carbonyl (C=O) groups is 1. The smallest absolute Gasteiger partial charge is 0.247 e. The molecular formula is C20H30N2O5S. The Morgan fingerprint density at radius 1 is 1.21 bits per heavy atom. The molecule has 0 saturated carbocycles. The molecule has 7 nitrogen and oxygen atoms in total. The maximum Gasteiger partial charge on any atom is 0.247 e. The molecule has 0 N–H and O–H groups in total. The third-order valence-corrected chi connectivity index (χ3v) is 6.64. The Bertz CT molecular complexity index is 833. The molecule has 1 aliphatic heterocycles. The fourth-order valence-corrected chi connectivity index (χ4v) is 5.00. The molecule has 1 atom stereocenters. The summed E-state index contributed by atoms with van der Waals surface area (Å²) >= 11 is 0. The lowest BCUT2D eigenvalue weighted by Crippen LogP contribution is -2.43. The number of carbonyl (C=O) groups excluding carboxylic acids is 1. The molecule has 1 amide bonds. The highest BCUT2D eigenvalue weighted by atomic mass is 32.2. The first-order valence-corrected chi connectivity index (χ1v) is 11.1. The van der Waals surface area contributed by atoms with Gasteiger partial charge in [0.05, 0.1) is 25.7 Å². The van der Waals surface area contributed by atoms with Gasteiger partial charge in [-0.05, 0) is 45.1 Å². The molecule has 0 bridgehead atoms. The first kappa shape index (κ1) is 22.2. The van der Waals surface area contributed by atoms with Crippen molar-refractivity contribution in [2.24, 2.45) is 0 Å². The van der Waals surface area contributed by atoms with Gasteiger partial charge in [0.2, 0.25) is 5.91 Å². The van der Waals surface area contributed by atoms with Crippen molar-refractivity contribution in [3.05, 3.63) is 29.8 Å². The average Bonchev–Trinajstić information content (AvgIpc) is 3.00. The number of nitrogens with zero attached hydrogens (tertiary/aromatic N) is 2. The maximum absolute atomic E-state index is 13.0. The second kappa shape index (κ2) is 9.43. The Kier molecular flexibility index (Phi) is 7.48. The van der Waals surface area contributed by atoms with E-state index in [1.54, 1.807) is 31.3 Å². The van der Waals surface area contributed by atoms with Crippen LogP contribution in [0.3, 0.4) is 0 Å². The van der Waals surface area contributed by atoms with Gasteiger partial charge in [0.15, 0.2) is 9.84 Å². The van der Waals surface area contributed by atoms with Gasteiger partial charge in [-0.3, -0.25) is 4.79 Å². The standard InChI is InChI=1S/C20H30N2O5S/c1-15(18-7-6-17(26-4)13-19(18)27-5)12-20(23)22(10-9-21(2)3)16-8-11-28(24,25)14-16/h6-7,12-13,16H,8-11,14H2,1-5H3/b15-12+. The Morgan fingerprint density at radius 2 is 1.93 bits per heavy atom. The third kappa shape index (κ3) is 5.72. The summed E-state index contributed by atoms with van der Waals surface area (Å²) in [6.07, 6.45) is 2.05. The van der Waals surface area contributed by atoms with Crippen LogP contribution in [-0.2, 0) is 14.6 Å². The summed E-state index contributed by atoms with van der Waals surface area (Å²) in [4.78, 5) is 16.7. The van der Waals surface area contributed by atoms with Crippen LogP contribution in [0.5, 0.6) is 11.5 Å². The van der Waals surface area contributed by atoms with E-state index in [-0.39, 0.29) is 23.5 Å². The predicted molar refractivity (Wildman–Crippen MR) is 111 cm³/mol. The van der Waals surface area contributed by atoms with E-state index in [1.165, 1.54) is 0 Å². The molecule has 1 aromatic carbocycles. The van der Waals surface area contributed by atoms with Crippen LogP contribution in [0.4, 0.5) is 0 Å². The lowest BCUT2D eigenvalue weighted by molar-refractivity contribution is -0.127. The quantitative estimate of drug-likeness (QED) is 0.607. The van der Waals surface area contributed by atoms with Crippen molar-refractivity contribution in [1.29, 1.82) is 0 Å². The topological polar surface area (TPSA) is 76.2 Å². The molecule has 8 heteroatoms. The van der Waals surface area contributed by atoms with Crippen LogP contribution in [0.15, 0.2) is 24.3 Å². The van der Waals surface area contributed by atoms with Crippen LogP contribution in [0.1, 0.15) is 18.9 Å². The summed E-state index contributed by atoms with van der Waals surface area (Å²) in [7, 11) is 3.93. The number of likely N-dealkylation sites (N-methyl/N-ethyl adjacent to an activating group) is 1. The molecular weight excluding hydrogens is 380 g/mol. The van der Waals surface area contributed by atoms with Crippen molar-refractivity contribution in [3.8, 4) is 11.5 Å². The van der Waals surface area contributed by atoms with E-state index in [0.717, 1.165) is 11.1 Å². The molecule has 1 heterocycles. The third-order valence-electron chi connectivity index (χ3n) is 4.89. The normalized spacial score (nSPS) is 18.9. The van der Waals surface area contributed by atoms with Crippen LogP contribution in [0, 0.1) is 0 Å². The molecule has 1 aliphatic rings. The number of hydrogen-bond acceptors (Lipinski definition) is 6. The number of benzene rings is 1. The number of rotatable bonds is 8. The number of amides is 1. The number of allylic oxidation sites excluding steroid dienone is 1. The zero-order chi connectivity index (χ0) is 20.9. The Hall–Kier alpha value is -2.06. The Labute approximate surface area is 167 Å². The second-order valence-electron chi connectivity index (χ2n) is 7.29. The molecule has 156 valence electrons. The minimum absolute atomic E-state index is 0.0327. The molecule has 0 spiro atoms. The summed E-state index contributed by atoms with van der Waals surface area (Å²) in [6.45, 7) is 2.99. The van der Waals surface area contributed by atoms with Gasteiger partial charge in [0.1, 0.15) is 11.5 Å². The molecule has 0 radical (unpaired) electrons. The van der Waals surface area contributed by atoms with Crippen molar-refractivity contribution in [3.63, 3.8) is 0 Å². The highest BCUT2D eigenvalue weighted by molar-refractivity contribution is 7.91. The van der Waals surface area contributed by atoms with Crippen LogP contribution in [0.25, 0.3) is 5.57 Å². The maximum atomic E-state index is 13.0. The van der Waals surface area contributed by atoms with Crippen LogP contribution < -0.4 is 9.47 Å². The van der Waals surface area contributed by atoms with E-state index in [4.69, 9.17) is 9.47 Å². The van der Waals surface area contributed by atoms with Crippen molar-refractivity contribution in [1.82, 2.24) is 9.80 Å². The molecule has 1 fully saturated rings. The van der Waals surface area contributed by atoms with Gasteiger partial charge in [0.25, 0.3) is 0 Å². The van der Waals surface area contributed by atoms with Gasteiger partial charge in [-0.25, -0.2) is 8.42 Å². The molecule has 0 aromatic heterocycles. The molecule has 2 rings (SSSR count). The van der Waals surface area contributed by atoms with E-state index in [9.17, 15) is 13.2 Å². The van der Waals surface area contributed by atoms with Crippen molar-refractivity contribution in [2.45, 2.75) is 19.4 Å². The molecule has 1 aromatic rings. The Morgan fingerprint density at radius 3 is 2.46 bits per heavy atom. The fourth-order valence-electron chi connectivity index (χ4n) is 3.27. The van der Waals surface area contributed by atoms with E-state index in [2.05, 4.69) is 0 Å². The minimum Gasteiger partial charge on any atom is -0.497 e. The zero-order valence-electron chi connectivity index (χ0n) is 17.3. The second-order valence-corrected chi connectivity index (χ2v) is 9.51. The summed E-state index contributed by atoms with van der Waals surface area (Å²) in [5.41, 5.74) is 1.54. The number of methoxy groups -OCH3 is 2. The molecule has 1 saturated heterocycles. The van der Waals surface area contributed by atoms with E-state index in [1.807, 2.05) is 38.1 Å². The van der Waals surface area contributed by atoms with Crippen LogP contribution in [0.2, 0.25) is 0 Å². The first-order valence-electron chi connectivity index (χ1n) is 9.23. The van der Waals surface area contributed by atoms with Crippen LogP contribution in [-0.4, -0.2) is 83.1 Å². The highest BCUT2D eigenvalue weighted by Gasteiger charge is 2.34. The van der Waals surface area contributed by atoms with Gasteiger partial charge in [0, 0.05) is 36.8 Å². The summed E-state index contributed by atoms with van der Waals surface area (Å²) in [6, 6.07) is 5.15. The van der Waals surface area contributed by atoms with Gasteiger partial charge >= 0.3 is 0 Å². The van der Waals surface area contributed by atoms with Gasteiger partial charge in [-0.15, -0.1) is 0 Å². The highest BCUT2D eigenvalue weighted by Crippen LogP contribution is 2.30. The average molecular weight is 411 g/mol. The molecule has 28 heavy (non-hydrogen) atoms. The van der Waals surface area contributed by atoms with Gasteiger partial charge < -0.3 is 19.3 Å². The fraction of sp³-hybridized carbons (Fsp3) is 0.550.